The third kappa shape index (κ3) is 4.36. The van der Waals surface area contributed by atoms with Crippen molar-refractivity contribution in [2.75, 3.05) is 33.9 Å². The van der Waals surface area contributed by atoms with Crippen LogP contribution >= 0.6 is 0 Å². The van der Waals surface area contributed by atoms with E-state index in [0.29, 0.717) is 25.2 Å². The summed E-state index contributed by atoms with van der Waals surface area (Å²) in [4.78, 5) is 30.1. The Hall–Kier alpha value is -2.51. The molecule has 2 atom stereocenters. The van der Waals surface area contributed by atoms with Gasteiger partial charge >= 0.3 is 0 Å². The minimum atomic E-state index is -0.356. The molecule has 0 unspecified atom stereocenters. The Morgan fingerprint density at radius 3 is 2.96 bits per heavy atom. The molecular formula is C19H23N3O4. The van der Waals surface area contributed by atoms with E-state index in [2.05, 4.69) is 10.3 Å². The molecular weight excluding hydrogens is 334 g/mol. The predicted molar refractivity (Wildman–Crippen MR) is 96.9 cm³/mol. The van der Waals surface area contributed by atoms with E-state index >= 15 is 0 Å². The van der Waals surface area contributed by atoms with Gasteiger partial charge in [0.05, 0.1) is 23.7 Å². The highest BCUT2D eigenvalue weighted by molar-refractivity contribution is 5.97. The zero-order chi connectivity index (χ0) is 18.5. The van der Waals surface area contributed by atoms with Gasteiger partial charge in [0.25, 0.3) is 5.91 Å². The number of hydrogen-bond acceptors (Lipinski definition) is 5. The molecule has 1 N–H and O–H groups in total. The molecule has 1 aliphatic heterocycles. The molecule has 0 bridgehead atoms. The molecule has 1 aliphatic rings. The van der Waals surface area contributed by atoms with Gasteiger partial charge in [-0.15, -0.1) is 0 Å². The number of rotatable bonds is 5. The molecule has 2 heterocycles. The molecule has 26 heavy (non-hydrogen) atoms. The van der Waals surface area contributed by atoms with Crippen molar-refractivity contribution in [3.05, 3.63) is 42.1 Å². The van der Waals surface area contributed by atoms with Crippen LogP contribution in [0, 0.1) is 0 Å². The summed E-state index contributed by atoms with van der Waals surface area (Å²) >= 11 is 0. The number of carbonyl (C=O) groups is 2. The maximum Gasteiger partial charge on any atom is 0.253 e. The Morgan fingerprint density at radius 1 is 1.35 bits per heavy atom. The Kier molecular flexibility index (Phi) is 5.80. The highest BCUT2D eigenvalue weighted by Crippen LogP contribution is 2.15. The van der Waals surface area contributed by atoms with Gasteiger partial charge in [0.1, 0.15) is 12.7 Å². The van der Waals surface area contributed by atoms with E-state index in [4.69, 9.17) is 9.47 Å². The second kappa shape index (κ2) is 8.25. The number of ether oxygens (including phenoxy) is 2. The molecule has 0 aliphatic carbocycles. The van der Waals surface area contributed by atoms with Crippen molar-refractivity contribution in [3.8, 4) is 0 Å². The van der Waals surface area contributed by atoms with Crippen molar-refractivity contribution in [2.45, 2.75) is 18.6 Å². The molecule has 0 spiro atoms. The average molecular weight is 357 g/mol. The first-order valence-corrected chi connectivity index (χ1v) is 8.60. The van der Waals surface area contributed by atoms with Crippen LogP contribution in [0.25, 0.3) is 10.9 Å². The van der Waals surface area contributed by atoms with Gasteiger partial charge in [-0.3, -0.25) is 14.6 Å². The number of nitrogens with one attached hydrogen (secondary N) is 1. The topological polar surface area (TPSA) is 80.8 Å². The van der Waals surface area contributed by atoms with Gasteiger partial charge in [0.2, 0.25) is 5.91 Å². The van der Waals surface area contributed by atoms with Crippen LogP contribution in [0.1, 0.15) is 16.8 Å². The first-order valence-electron chi connectivity index (χ1n) is 8.60. The van der Waals surface area contributed by atoms with E-state index in [0.717, 1.165) is 10.9 Å². The predicted octanol–water partition coefficient (Wildman–Crippen LogP) is 1.23. The lowest BCUT2D eigenvalue weighted by Gasteiger charge is -2.32. The number of fused-ring (bicyclic) bond motifs is 1. The van der Waals surface area contributed by atoms with Crippen LogP contribution in [-0.4, -0.2) is 67.8 Å². The molecule has 7 heteroatoms. The lowest BCUT2D eigenvalue weighted by atomic mass is 10.1. The smallest absolute Gasteiger partial charge is 0.253 e. The molecule has 1 aromatic heterocycles. The minimum Gasteiger partial charge on any atom is -0.379 e. The summed E-state index contributed by atoms with van der Waals surface area (Å²) in [6, 6.07) is 9.26. The lowest BCUT2D eigenvalue weighted by Crippen LogP contribution is -2.50. The van der Waals surface area contributed by atoms with Crippen LogP contribution in [0.4, 0.5) is 0 Å². The van der Waals surface area contributed by atoms with E-state index in [-0.39, 0.29) is 30.6 Å². The Bertz CT molecular complexity index is 793. The van der Waals surface area contributed by atoms with Gasteiger partial charge in [-0.25, -0.2) is 0 Å². The molecule has 1 aromatic carbocycles. The molecule has 0 radical (unpaired) electrons. The van der Waals surface area contributed by atoms with Gasteiger partial charge in [-0.2, -0.15) is 0 Å². The van der Waals surface area contributed by atoms with Crippen LogP contribution in [0.5, 0.6) is 0 Å². The number of aromatic nitrogens is 1. The Morgan fingerprint density at radius 2 is 2.15 bits per heavy atom. The fourth-order valence-corrected chi connectivity index (χ4v) is 2.80. The first-order chi connectivity index (χ1) is 12.5. The van der Waals surface area contributed by atoms with Gasteiger partial charge in [0, 0.05) is 32.3 Å². The number of amides is 2. The fraction of sp³-hybridized carbons (Fsp3) is 0.421. The van der Waals surface area contributed by atoms with Crippen LogP contribution in [-0.2, 0) is 14.3 Å². The summed E-state index contributed by atoms with van der Waals surface area (Å²) in [5.74, 6) is -0.331. The Balaban J connectivity index is 1.66. The number of pyridine rings is 1. The summed E-state index contributed by atoms with van der Waals surface area (Å²) in [6.07, 6.45) is 1.85. The Labute approximate surface area is 152 Å². The molecule has 2 aromatic rings. The quantitative estimate of drug-likeness (QED) is 0.870. The summed E-state index contributed by atoms with van der Waals surface area (Å²) in [6.45, 7) is 0.856. The maximum absolute atomic E-state index is 12.6. The summed E-state index contributed by atoms with van der Waals surface area (Å²) in [7, 11) is 3.35. The summed E-state index contributed by atoms with van der Waals surface area (Å²) < 4.78 is 11.1. The number of nitrogens with zero attached hydrogens (tertiary/aromatic N) is 2. The van der Waals surface area contributed by atoms with Crippen molar-refractivity contribution in [1.82, 2.24) is 15.2 Å². The number of benzene rings is 1. The maximum atomic E-state index is 12.6. The van der Waals surface area contributed by atoms with Crippen LogP contribution in [0.2, 0.25) is 0 Å². The largest absolute Gasteiger partial charge is 0.379 e. The first kappa shape index (κ1) is 18.3. The number of carbonyl (C=O) groups excluding carboxylic acids is 2. The number of para-hydroxylation sites is 1. The van der Waals surface area contributed by atoms with Crippen LogP contribution in [0.3, 0.4) is 0 Å². The van der Waals surface area contributed by atoms with Crippen molar-refractivity contribution >= 4 is 22.7 Å². The van der Waals surface area contributed by atoms with E-state index < -0.39 is 0 Å². The fourth-order valence-electron chi connectivity index (χ4n) is 2.80. The number of hydrogen-bond donors (Lipinski definition) is 1. The van der Waals surface area contributed by atoms with E-state index in [1.165, 1.54) is 4.90 Å². The summed E-state index contributed by atoms with van der Waals surface area (Å²) in [5.41, 5.74) is 1.34. The third-order valence-corrected chi connectivity index (χ3v) is 4.39. The van der Waals surface area contributed by atoms with E-state index in [1.807, 2.05) is 30.3 Å². The molecule has 0 saturated carbocycles. The van der Waals surface area contributed by atoms with Crippen LogP contribution in [0.15, 0.2) is 36.5 Å². The van der Waals surface area contributed by atoms with E-state index in [1.54, 1.807) is 20.3 Å². The standard InChI is InChI=1S/C19H23N3O4/c1-22(2)18(23)12-26-17-11-25-8-7-16(17)21-19(24)14-9-13-5-3-4-6-15(13)20-10-14/h3-6,9-10,16-17H,7-8,11-12H2,1-2H3,(H,21,24)/t16-,17-/m1/s1. The monoisotopic (exact) mass is 357 g/mol. The van der Waals surface area contributed by atoms with Crippen LogP contribution < -0.4 is 5.32 Å². The molecule has 2 amide bonds. The zero-order valence-electron chi connectivity index (χ0n) is 15.0. The van der Waals surface area contributed by atoms with Gasteiger partial charge in [-0.1, -0.05) is 18.2 Å². The number of likely N-dealkylation sites (N-methyl/N-ethyl adjacent to an activating group) is 1. The second-order valence-corrected chi connectivity index (χ2v) is 6.50. The van der Waals surface area contributed by atoms with Crippen molar-refractivity contribution < 1.29 is 19.1 Å². The lowest BCUT2D eigenvalue weighted by molar-refractivity contribution is -0.140. The average Bonchev–Trinajstić information content (AvgIpc) is 2.66. The minimum absolute atomic E-state index is 0.0368. The molecule has 1 fully saturated rings. The SMILES string of the molecule is CN(C)C(=O)CO[C@@H]1COCC[C@H]1NC(=O)c1cnc2ccccc2c1. The third-order valence-electron chi connectivity index (χ3n) is 4.39. The molecule has 3 rings (SSSR count). The summed E-state index contributed by atoms with van der Waals surface area (Å²) in [5, 5.41) is 3.91. The molecule has 7 nitrogen and oxygen atoms in total. The van der Waals surface area contributed by atoms with Gasteiger partial charge in [0.15, 0.2) is 0 Å². The van der Waals surface area contributed by atoms with E-state index in [9.17, 15) is 9.59 Å². The van der Waals surface area contributed by atoms with Gasteiger partial charge in [-0.05, 0) is 18.6 Å². The van der Waals surface area contributed by atoms with Crippen molar-refractivity contribution in [3.63, 3.8) is 0 Å². The van der Waals surface area contributed by atoms with Crippen molar-refractivity contribution in [1.29, 1.82) is 0 Å². The highest BCUT2D eigenvalue weighted by atomic mass is 16.5. The normalized spacial score (nSPS) is 19.9. The highest BCUT2D eigenvalue weighted by Gasteiger charge is 2.29. The zero-order valence-corrected chi connectivity index (χ0v) is 15.0. The molecule has 1 saturated heterocycles. The second-order valence-electron chi connectivity index (χ2n) is 6.50. The van der Waals surface area contributed by atoms with Gasteiger partial charge < -0.3 is 19.7 Å². The van der Waals surface area contributed by atoms with Crippen molar-refractivity contribution in [2.24, 2.45) is 0 Å². The molecule has 138 valence electrons.